The third kappa shape index (κ3) is 3.49. The first-order valence-electron chi connectivity index (χ1n) is 7.20. The fraction of sp³-hybridized carbons (Fsp3) is 0.625. The minimum absolute atomic E-state index is 0.313. The molecule has 1 aromatic rings. The molecule has 1 N–H and O–H groups in total. The lowest BCUT2D eigenvalue weighted by atomic mass is 9.95. The maximum absolute atomic E-state index is 9.89. The summed E-state index contributed by atoms with van der Waals surface area (Å²) in [6, 6.07) is 7.62. The summed E-state index contributed by atoms with van der Waals surface area (Å²) in [6.45, 7) is 2.89. The first kappa shape index (κ1) is 13.4. The van der Waals surface area contributed by atoms with Crippen molar-refractivity contribution in [1.29, 1.82) is 0 Å². The van der Waals surface area contributed by atoms with E-state index in [-0.39, 0.29) is 0 Å². The van der Waals surface area contributed by atoms with Crippen LogP contribution in [0.2, 0.25) is 0 Å². The summed E-state index contributed by atoms with van der Waals surface area (Å²) in [6.07, 6.45) is 7.82. The molecule has 0 bridgehead atoms. The average molecular weight is 248 g/mol. The van der Waals surface area contributed by atoms with Crippen LogP contribution >= 0.6 is 0 Å². The first-order chi connectivity index (χ1) is 8.81. The Bertz CT molecular complexity index is 356. The molecule has 100 valence electrons. The zero-order valence-electron chi connectivity index (χ0n) is 11.3. The van der Waals surface area contributed by atoms with E-state index >= 15 is 0 Å². The van der Waals surface area contributed by atoms with Gasteiger partial charge in [-0.25, -0.2) is 0 Å². The second kappa shape index (κ2) is 6.79. The van der Waals surface area contributed by atoms with E-state index in [0.717, 1.165) is 18.6 Å². The van der Waals surface area contributed by atoms with Crippen LogP contribution < -0.4 is 0 Å². The van der Waals surface area contributed by atoms with Gasteiger partial charge >= 0.3 is 0 Å². The van der Waals surface area contributed by atoms with Gasteiger partial charge in [-0.3, -0.25) is 0 Å². The lowest BCUT2D eigenvalue weighted by Crippen LogP contribution is -2.20. The van der Waals surface area contributed by atoms with Crippen molar-refractivity contribution >= 4 is 0 Å². The van der Waals surface area contributed by atoms with Gasteiger partial charge in [-0.05, 0) is 30.9 Å². The summed E-state index contributed by atoms with van der Waals surface area (Å²) < 4.78 is 6.03. The van der Waals surface area contributed by atoms with E-state index in [1.807, 2.05) is 18.2 Å². The Labute approximate surface area is 110 Å². The monoisotopic (exact) mass is 248 g/mol. The maximum Gasteiger partial charge on any atom is 0.119 e. The quantitative estimate of drug-likeness (QED) is 0.844. The van der Waals surface area contributed by atoms with E-state index in [2.05, 4.69) is 6.92 Å². The standard InChI is InChI=1S/C16H24O2/c1-2-13(15-10-6-7-11-16(15)17)12-18-14-8-4-3-5-9-14/h6-7,10-11,13-14,17H,2-5,8-9,12H2,1H3. The van der Waals surface area contributed by atoms with Gasteiger partial charge < -0.3 is 9.84 Å². The molecule has 1 unspecified atom stereocenters. The van der Waals surface area contributed by atoms with Crippen molar-refractivity contribution in [3.05, 3.63) is 29.8 Å². The van der Waals surface area contributed by atoms with Crippen molar-refractivity contribution in [1.82, 2.24) is 0 Å². The molecule has 2 nitrogen and oxygen atoms in total. The van der Waals surface area contributed by atoms with Crippen molar-refractivity contribution in [2.75, 3.05) is 6.61 Å². The van der Waals surface area contributed by atoms with Gasteiger partial charge in [-0.1, -0.05) is 44.4 Å². The van der Waals surface area contributed by atoms with Gasteiger partial charge in [-0.15, -0.1) is 0 Å². The summed E-state index contributed by atoms with van der Waals surface area (Å²) in [4.78, 5) is 0. The summed E-state index contributed by atoms with van der Waals surface area (Å²) in [5, 5.41) is 9.89. The molecule has 1 saturated carbocycles. The van der Waals surface area contributed by atoms with E-state index in [1.54, 1.807) is 6.07 Å². The second-order valence-corrected chi connectivity index (χ2v) is 5.26. The van der Waals surface area contributed by atoms with E-state index in [4.69, 9.17) is 4.74 Å². The molecular weight excluding hydrogens is 224 g/mol. The van der Waals surface area contributed by atoms with Gasteiger partial charge in [0.05, 0.1) is 12.7 Å². The van der Waals surface area contributed by atoms with Crippen molar-refractivity contribution in [2.45, 2.75) is 57.5 Å². The number of hydrogen-bond donors (Lipinski definition) is 1. The molecule has 0 spiro atoms. The van der Waals surface area contributed by atoms with Crippen LogP contribution in [-0.4, -0.2) is 17.8 Å². The highest BCUT2D eigenvalue weighted by Gasteiger charge is 2.18. The zero-order valence-corrected chi connectivity index (χ0v) is 11.3. The number of rotatable bonds is 5. The summed E-state index contributed by atoms with van der Waals surface area (Å²) >= 11 is 0. The van der Waals surface area contributed by atoms with Crippen LogP contribution in [-0.2, 0) is 4.74 Å². The fourth-order valence-corrected chi connectivity index (χ4v) is 2.74. The Morgan fingerprint density at radius 1 is 1.22 bits per heavy atom. The topological polar surface area (TPSA) is 29.5 Å². The number of phenols is 1. The van der Waals surface area contributed by atoms with Crippen molar-refractivity contribution in [2.24, 2.45) is 0 Å². The minimum Gasteiger partial charge on any atom is -0.508 e. The molecule has 1 fully saturated rings. The largest absolute Gasteiger partial charge is 0.508 e. The van der Waals surface area contributed by atoms with Crippen LogP contribution in [0, 0.1) is 0 Å². The zero-order chi connectivity index (χ0) is 12.8. The second-order valence-electron chi connectivity index (χ2n) is 5.26. The van der Waals surface area contributed by atoms with E-state index in [9.17, 15) is 5.11 Å². The third-order valence-electron chi connectivity index (χ3n) is 3.95. The maximum atomic E-state index is 9.89. The van der Waals surface area contributed by atoms with Gasteiger partial charge in [0.25, 0.3) is 0 Å². The summed E-state index contributed by atoms with van der Waals surface area (Å²) in [5.41, 5.74) is 1.02. The predicted molar refractivity (Wildman–Crippen MR) is 74.0 cm³/mol. The fourth-order valence-electron chi connectivity index (χ4n) is 2.74. The molecule has 1 aliphatic carbocycles. The number of phenolic OH excluding ortho intramolecular Hbond substituents is 1. The number of ether oxygens (including phenoxy) is 1. The van der Waals surface area contributed by atoms with E-state index < -0.39 is 0 Å². The molecular formula is C16H24O2. The van der Waals surface area contributed by atoms with Gasteiger partial charge in [0.2, 0.25) is 0 Å². The number of para-hydroxylation sites is 1. The number of benzene rings is 1. The van der Waals surface area contributed by atoms with Crippen LogP contribution in [0.3, 0.4) is 0 Å². The Balaban J connectivity index is 1.91. The number of aromatic hydroxyl groups is 1. The summed E-state index contributed by atoms with van der Waals surface area (Å²) in [7, 11) is 0. The molecule has 2 heteroatoms. The van der Waals surface area contributed by atoms with Crippen molar-refractivity contribution in [3.63, 3.8) is 0 Å². The van der Waals surface area contributed by atoms with E-state index in [0.29, 0.717) is 17.8 Å². The molecule has 1 aromatic carbocycles. The van der Waals surface area contributed by atoms with Crippen LogP contribution in [0.25, 0.3) is 0 Å². The van der Waals surface area contributed by atoms with Crippen LogP contribution in [0.4, 0.5) is 0 Å². The molecule has 1 aliphatic rings. The number of hydrogen-bond acceptors (Lipinski definition) is 2. The molecule has 0 heterocycles. The Hall–Kier alpha value is -1.02. The van der Waals surface area contributed by atoms with Crippen LogP contribution in [0.1, 0.15) is 56.9 Å². The molecule has 0 amide bonds. The van der Waals surface area contributed by atoms with Crippen LogP contribution in [0.15, 0.2) is 24.3 Å². The highest BCUT2D eigenvalue weighted by molar-refractivity contribution is 5.34. The predicted octanol–water partition coefficient (Wildman–Crippen LogP) is 4.24. The van der Waals surface area contributed by atoms with Gasteiger partial charge in [0.15, 0.2) is 0 Å². The Kier molecular flexibility index (Phi) is 5.06. The first-order valence-corrected chi connectivity index (χ1v) is 7.20. The molecule has 0 saturated heterocycles. The lowest BCUT2D eigenvalue weighted by Gasteiger charge is -2.25. The smallest absolute Gasteiger partial charge is 0.119 e. The van der Waals surface area contributed by atoms with Gasteiger partial charge in [0.1, 0.15) is 5.75 Å². The van der Waals surface area contributed by atoms with E-state index in [1.165, 1.54) is 32.1 Å². The van der Waals surface area contributed by atoms with Gasteiger partial charge in [-0.2, -0.15) is 0 Å². The Morgan fingerprint density at radius 2 is 1.94 bits per heavy atom. The van der Waals surface area contributed by atoms with Crippen molar-refractivity contribution < 1.29 is 9.84 Å². The third-order valence-corrected chi connectivity index (χ3v) is 3.95. The van der Waals surface area contributed by atoms with Crippen LogP contribution in [0.5, 0.6) is 5.75 Å². The normalized spacial score (nSPS) is 18.7. The van der Waals surface area contributed by atoms with Crippen molar-refractivity contribution in [3.8, 4) is 5.75 Å². The average Bonchev–Trinajstić information content (AvgIpc) is 2.42. The summed E-state index contributed by atoms with van der Waals surface area (Å²) in [5.74, 6) is 0.713. The highest BCUT2D eigenvalue weighted by atomic mass is 16.5. The molecule has 1 atom stereocenters. The minimum atomic E-state index is 0.313. The van der Waals surface area contributed by atoms with Gasteiger partial charge in [0, 0.05) is 5.92 Å². The molecule has 18 heavy (non-hydrogen) atoms. The molecule has 2 rings (SSSR count). The molecule has 0 aliphatic heterocycles. The Morgan fingerprint density at radius 3 is 2.61 bits per heavy atom. The SMILES string of the molecule is CCC(COC1CCCCC1)c1ccccc1O. The molecule has 0 aromatic heterocycles. The molecule has 0 radical (unpaired) electrons. The lowest BCUT2D eigenvalue weighted by molar-refractivity contribution is 0.0192. The highest BCUT2D eigenvalue weighted by Crippen LogP contribution is 2.29.